The van der Waals surface area contributed by atoms with Crippen molar-refractivity contribution in [1.82, 2.24) is 0 Å². The first-order valence-corrected chi connectivity index (χ1v) is 3.36. The molecule has 0 aromatic carbocycles. The van der Waals surface area contributed by atoms with E-state index in [1.165, 1.54) is 0 Å². The van der Waals surface area contributed by atoms with Crippen LogP contribution >= 0.6 is 0 Å². The Bertz CT molecular complexity index is 296. The number of hydrogen-bond acceptors (Lipinski definition) is 3. The van der Waals surface area contributed by atoms with Crippen molar-refractivity contribution >= 4 is 0 Å². The highest BCUT2D eigenvalue weighted by Gasteiger charge is 2.12. The lowest BCUT2D eigenvalue weighted by Gasteiger charge is -1.98. The average molecular weight is 150 g/mol. The van der Waals surface area contributed by atoms with Gasteiger partial charge in [-0.3, -0.25) is 0 Å². The monoisotopic (exact) mass is 150 g/mol. The fourth-order valence-corrected chi connectivity index (χ4v) is 0.888. The minimum absolute atomic E-state index is 0.574. The van der Waals surface area contributed by atoms with Gasteiger partial charge in [0.25, 0.3) is 0 Å². The highest BCUT2D eigenvalue weighted by molar-refractivity contribution is 5.29. The first-order chi connectivity index (χ1) is 5.16. The molecule has 1 heterocycles. The largest absolute Gasteiger partial charge is 0.466 e. The molecule has 2 N–H and O–H groups in total. The van der Waals surface area contributed by atoms with Gasteiger partial charge in [-0.25, -0.2) is 0 Å². The normalized spacial score (nSPS) is 12.5. The summed E-state index contributed by atoms with van der Waals surface area (Å²) in [5.74, 6) is 0.574. The summed E-state index contributed by atoms with van der Waals surface area (Å²) in [7, 11) is 0. The van der Waals surface area contributed by atoms with E-state index in [0.717, 1.165) is 11.1 Å². The second-order valence-corrected chi connectivity index (χ2v) is 2.51. The lowest BCUT2D eigenvalue weighted by Crippen LogP contribution is -2.07. The van der Waals surface area contributed by atoms with Gasteiger partial charge < -0.3 is 10.2 Å². The van der Waals surface area contributed by atoms with Crippen LogP contribution in [0.4, 0.5) is 0 Å². The van der Waals surface area contributed by atoms with Gasteiger partial charge in [0.1, 0.15) is 5.76 Å². The third kappa shape index (κ3) is 1.26. The van der Waals surface area contributed by atoms with E-state index in [0.29, 0.717) is 5.76 Å². The molecule has 0 aliphatic carbocycles. The van der Waals surface area contributed by atoms with Crippen molar-refractivity contribution in [3.63, 3.8) is 0 Å². The lowest BCUT2D eigenvalue weighted by atomic mass is 10.1. The molecule has 0 saturated heterocycles. The Hall–Kier alpha value is -1.27. The molecule has 58 valence electrons. The van der Waals surface area contributed by atoms with E-state index in [1.807, 2.05) is 19.9 Å². The molecule has 0 saturated carbocycles. The van der Waals surface area contributed by atoms with Crippen molar-refractivity contribution in [3.05, 3.63) is 23.2 Å². The highest BCUT2D eigenvalue weighted by Crippen LogP contribution is 2.19. The van der Waals surface area contributed by atoms with Gasteiger partial charge >= 0.3 is 0 Å². The number of rotatable bonds is 1. The van der Waals surface area contributed by atoms with E-state index in [4.69, 9.17) is 15.4 Å². The minimum atomic E-state index is -0.635. The third-order valence-electron chi connectivity index (χ3n) is 1.75. The van der Waals surface area contributed by atoms with Gasteiger partial charge in [-0.2, -0.15) is 5.26 Å². The Morgan fingerprint density at radius 2 is 2.27 bits per heavy atom. The van der Waals surface area contributed by atoms with Crippen LogP contribution in [-0.2, 0) is 0 Å². The van der Waals surface area contributed by atoms with Crippen molar-refractivity contribution in [3.8, 4) is 6.07 Å². The van der Waals surface area contributed by atoms with Crippen LogP contribution in [0.3, 0.4) is 0 Å². The van der Waals surface area contributed by atoms with Gasteiger partial charge in [0.2, 0.25) is 0 Å². The van der Waals surface area contributed by atoms with E-state index in [2.05, 4.69) is 0 Å². The molecule has 0 spiro atoms. The van der Waals surface area contributed by atoms with Crippen LogP contribution in [-0.4, -0.2) is 0 Å². The van der Waals surface area contributed by atoms with Gasteiger partial charge in [-0.15, -0.1) is 0 Å². The molecule has 1 rings (SSSR count). The maximum absolute atomic E-state index is 8.49. The van der Waals surface area contributed by atoms with Crippen molar-refractivity contribution in [2.45, 2.75) is 19.9 Å². The molecule has 1 aromatic rings. The van der Waals surface area contributed by atoms with Crippen molar-refractivity contribution < 1.29 is 4.42 Å². The lowest BCUT2D eigenvalue weighted by molar-refractivity contribution is 0.493. The average Bonchev–Trinajstić information content (AvgIpc) is 2.32. The zero-order chi connectivity index (χ0) is 8.43. The Morgan fingerprint density at radius 1 is 1.64 bits per heavy atom. The molecule has 1 aromatic heterocycles. The summed E-state index contributed by atoms with van der Waals surface area (Å²) in [5, 5.41) is 8.49. The van der Waals surface area contributed by atoms with E-state index >= 15 is 0 Å². The first-order valence-electron chi connectivity index (χ1n) is 3.36. The van der Waals surface area contributed by atoms with Crippen LogP contribution in [0.15, 0.2) is 10.7 Å². The quantitative estimate of drug-likeness (QED) is 0.658. The standard InChI is InChI=1S/C8H10N2O/c1-5-4-11-8(6(5)2)7(10)3-9/h4,7H,10H2,1-2H3. The molecule has 0 radical (unpaired) electrons. The Balaban J connectivity index is 3.07. The highest BCUT2D eigenvalue weighted by atomic mass is 16.3. The molecule has 0 aliphatic heterocycles. The predicted octanol–water partition coefficient (Wildman–Crippen LogP) is 1.42. The number of nitrogens with two attached hydrogens (primary N) is 1. The molecule has 0 fully saturated rings. The third-order valence-corrected chi connectivity index (χ3v) is 1.75. The molecular formula is C8H10N2O. The van der Waals surface area contributed by atoms with Crippen LogP contribution in [0, 0.1) is 25.2 Å². The topological polar surface area (TPSA) is 62.9 Å². The van der Waals surface area contributed by atoms with E-state index in [-0.39, 0.29) is 0 Å². The fourth-order valence-electron chi connectivity index (χ4n) is 0.888. The molecule has 3 nitrogen and oxygen atoms in total. The maximum atomic E-state index is 8.49. The molecule has 1 atom stereocenters. The van der Waals surface area contributed by atoms with Gasteiger partial charge in [0, 0.05) is 0 Å². The van der Waals surface area contributed by atoms with Crippen LogP contribution in [0.25, 0.3) is 0 Å². The van der Waals surface area contributed by atoms with Gasteiger partial charge in [0.05, 0.1) is 12.3 Å². The second-order valence-electron chi connectivity index (χ2n) is 2.51. The Kier molecular flexibility index (Phi) is 1.97. The van der Waals surface area contributed by atoms with Crippen molar-refractivity contribution in [2.75, 3.05) is 0 Å². The summed E-state index contributed by atoms with van der Waals surface area (Å²) in [6.45, 7) is 3.82. The molecule has 0 bridgehead atoms. The van der Waals surface area contributed by atoms with Crippen LogP contribution in [0.1, 0.15) is 22.9 Å². The summed E-state index contributed by atoms with van der Waals surface area (Å²) in [6.07, 6.45) is 1.61. The van der Waals surface area contributed by atoms with Crippen LogP contribution < -0.4 is 5.73 Å². The van der Waals surface area contributed by atoms with Gasteiger partial charge in [-0.05, 0) is 25.0 Å². The van der Waals surface area contributed by atoms with Crippen LogP contribution in [0.2, 0.25) is 0 Å². The molecule has 11 heavy (non-hydrogen) atoms. The molecule has 0 amide bonds. The van der Waals surface area contributed by atoms with Gasteiger partial charge in [-0.1, -0.05) is 0 Å². The zero-order valence-electron chi connectivity index (χ0n) is 6.59. The van der Waals surface area contributed by atoms with Crippen molar-refractivity contribution in [1.29, 1.82) is 5.26 Å². The van der Waals surface area contributed by atoms with Crippen LogP contribution in [0.5, 0.6) is 0 Å². The molecule has 0 aliphatic rings. The number of nitrogens with zero attached hydrogens (tertiary/aromatic N) is 1. The summed E-state index contributed by atoms with van der Waals surface area (Å²) >= 11 is 0. The van der Waals surface area contributed by atoms with Gasteiger partial charge in [0.15, 0.2) is 6.04 Å². The minimum Gasteiger partial charge on any atom is -0.466 e. The summed E-state index contributed by atoms with van der Waals surface area (Å²) < 4.78 is 5.10. The van der Waals surface area contributed by atoms with E-state index < -0.39 is 6.04 Å². The zero-order valence-corrected chi connectivity index (χ0v) is 6.59. The number of hydrogen-bond donors (Lipinski definition) is 1. The number of nitriles is 1. The first kappa shape index (κ1) is 7.83. The SMILES string of the molecule is Cc1coc(C(N)C#N)c1C. The molecule has 1 unspecified atom stereocenters. The predicted molar refractivity (Wildman–Crippen MR) is 40.7 cm³/mol. The summed E-state index contributed by atoms with van der Waals surface area (Å²) in [5.41, 5.74) is 7.46. The van der Waals surface area contributed by atoms with E-state index in [9.17, 15) is 0 Å². The Labute approximate surface area is 65.4 Å². The number of furan rings is 1. The smallest absolute Gasteiger partial charge is 0.152 e. The fraction of sp³-hybridized carbons (Fsp3) is 0.375. The maximum Gasteiger partial charge on any atom is 0.152 e. The molecule has 3 heteroatoms. The van der Waals surface area contributed by atoms with Crippen molar-refractivity contribution in [2.24, 2.45) is 5.73 Å². The summed E-state index contributed by atoms with van der Waals surface area (Å²) in [6, 6.07) is 1.28. The second kappa shape index (κ2) is 2.77. The van der Waals surface area contributed by atoms with E-state index in [1.54, 1.807) is 6.26 Å². The molecular weight excluding hydrogens is 140 g/mol. The summed E-state index contributed by atoms with van der Waals surface area (Å²) in [4.78, 5) is 0. The Morgan fingerprint density at radius 3 is 2.64 bits per heavy atom. The number of aryl methyl sites for hydroxylation is 1.